The van der Waals surface area contributed by atoms with Gasteiger partial charge in [-0.05, 0) is 13.0 Å². The Hall–Kier alpha value is -2.45. The summed E-state index contributed by atoms with van der Waals surface area (Å²) < 4.78 is 0. The van der Waals surface area contributed by atoms with E-state index >= 15 is 0 Å². The van der Waals surface area contributed by atoms with Crippen molar-refractivity contribution >= 4 is 23.1 Å². The minimum Gasteiger partial charge on any atom is -0.237 e. The monoisotopic (exact) mass is 306 g/mol. The second-order valence-electron chi connectivity index (χ2n) is 4.93. The lowest BCUT2D eigenvalue weighted by Crippen LogP contribution is -2.03. The van der Waals surface area contributed by atoms with Crippen LogP contribution in [-0.4, -0.2) is 10.7 Å². The zero-order valence-corrected chi connectivity index (χ0v) is 13.0. The molecular formula is C19H15ClN2. The van der Waals surface area contributed by atoms with Crippen molar-refractivity contribution < 1.29 is 0 Å². The average Bonchev–Trinajstić information content (AvgIpc) is 2.58. The van der Waals surface area contributed by atoms with Crippen LogP contribution in [0, 0.1) is 6.92 Å². The topological polar surface area (TPSA) is 25.2 Å². The van der Waals surface area contributed by atoms with Crippen molar-refractivity contribution in [1.29, 1.82) is 0 Å². The molecule has 0 amide bonds. The first kappa shape index (κ1) is 14.5. The third kappa shape index (κ3) is 3.07. The summed E-state index contributed by atoms with van der Waals surface area (Å²) in [6.45, 7) is 1.93. The van der Waals surface area contributed by atoms with Crippen molar-refractivity contribution in [2.45, 2.75) is 6.92 Å². The summed E-state index contributed by atoms with van der Waals surface area (Å²) in [5, 5.41) is 0.675. The zero-order chi connectivity index (χ0) is 15.4. The highest BCUT2D eigenvalue weighted by Gasteiger charge is 2.09. The van der Waals surface area contributed by atoms with Crippen molar-refractivity contribution in [3.8, 4) is 0 Å². The summed E-state index contributed by atoms with van der Waals surface area (Å²) in [7, 11) is 0. The van der Waals surface area contributed by atoms with Crippen molar-refractivity contribution in [3.05, 3.63) is 94.6 Å². The molecule has 3 aromatic rings. The Morgan fingerprint density at radius 2 is 1.41 bits per heavy atom. The van der Waals surface area contributed by atoms with Gasteiger partial charge in [-0.1, -0.05) is 72.3 Å². The Morgan fingerprint density at radius 3 is 1.95 bits per heavy atom. The lowest BCUT2D eigenvalue weighted by atomic mass is 10.0. The maximum absolute atomic E-state index is 6.18. The maximum Gasteiger partial charge on any atom is 0.156 e. The Balaban J connectivity index is 2.18. The molecule has 0 atom stereocenters. The number of aromatic nitrogens is 1. The maximum atomic E-state index is 6.18. The van der Waals surface area contributed by atoms with Crippen molar-refractivity contribution in [2.24, 2.45) is 4.99 Å². The number of benzene rings is 2. The number of pyridine rings is 1. The van der Waals surface area contributed by atoms with Gasteiger partial charge in [0, 0.05) is 27.9 Å². The number of nitrogens with zero attached hydrogens (tertiary/aromatic N) is 2. The van der Waals surface area contributed by atoms with E-state index in [1.165, 1.54) is 0 Å². The molecule has 0 aliphatic heterocycles. The molecule has 0 aliphatic carbocycles. The van der Waals surface area contributed by atoms with E-state index in [2.05, 4.69) is 4.98 Å². The molecule has 22 heavy (non-hydrogen) atoms. The van der Waals surface area contributed by atoms with Gasteiger partial charge in [0.15, 0.2) is 5.82 Å². The lowest BCUT2D eigenvalue weighted by molar-refractivity contribution is 1.22. The van der Waals surface area contributed by atoms with Crippen LogP contribution in [0.1, 0.15) is 16.7 Å². The largest absolute Gasteiger partial charge is 0.237 e. The number of halogens is 1. The Kier molecular flexibility index (Phi) is 4.31. The van der Waals surface area contributed by atoms with Gasteiger partial charge in [0.25, 0.3) is 0 Å². The molecule has 1 heterocycles. The first-order chi connectivity index (χ1) is 10.8. The molecule has 0 aliphatic rings. The smallest absolute Gasteiger partial charge is 0.156 e. The molecule has 0 radical (unpaired) electrons. The highest BCUT2D eigenvalue weighted by Crippen LogP contribution is 2.25. The van der Waals surface area contributed by atoms with E-state index in [0.29, 0.717) is 10.8 Å². The summed E-state index contributed by atoms with van der Waals surface area (Å²) in [5.41, 5.74) is 3.87. The highest BCUT2D eigenvalue weighted by atomic mass is 35.5. The Labute approximate surface area is 135 Å². The van der Waals surface area contributed by atoms with Gasteiger partial charge in [-0.25, -0.2) is 9.98 Å². The number of aliphatic imine (C=N–C) groups is 1. The van der Waals surface area contributed by atoms with Crippen molar-refractivity contribution in [2.75, 3.05) is 0 Å². The molecular weight excluding hydrogens is 292 g/mol. The molecule has 2 aromatic carbocycles. The van der Waals surface area contributed by atoms with Crippen molar-refractivity contribution in [3.63, 3.8) is 0 Å². The van der Waals surface area contributed by atoms with E-state index in [9.17, 15) is 0 Å². The third-order valence-electron chi connectivity index (χ3n) is 3.42. The first-order valence-corrected chi connectivity index (χ1v) is 7.44. The van der Waals surface area contributed by atoms with Crippen LogP contribution >= 0.6 is 11.6 Å². The zero-order valence-electron chi connectivity index (χ0n) is 12.2. The van der Waals surface area contributed by atoms with Gasteiger partial charge in [-0.15, -0.1) is 0 Å². The molecule has 0 bridgehead atoms. The fraction of sp³-hybridized carbons (Fsp3) is 0.0526. The van der Waals surface area contributed by atoms with Crippen molar-refractivity contribution in [1.82, 2.24) is 4.98 Å². The van der Waals surface area contributed by atoms with Gasteiger partial charge in [-0.2, -0.15) is 0 Å². The molecule has 3 heteroatoms. The second-order valence-corrected chi connectivity index (χ2v) is 5.34. The van der Waals surface area contributed by atoms with Gasteiger partial charge >= 0.3 is 0 Å². The second kappa shape index (κ2) is 6.54. The molecule has 2 nitrogen and oxygen atoms in total. The van der Waals surface area contributed by atoms with Gasteiger partial charge in [0.2, 0.25) is 0 Å². The van der Waals surface area contributed by atoms with Gasteiger partial charge in [-0.3, -0.25) is 0 Å². The van der Waals surface area contributed by atoms with Crippen LogP contribution < -0.4 is 0 Å². The fourth-order valence-corrected chi connectivity index (χ4v) is 2.35. The predicted octanol–water partition coefficient (Wildman–Crippen LogP) is 5.21. The minimum absolute atomic E-state index is 0.648. The van der Waals surface area contributed by atoms with Crippen LogP contribution in [0.15, 0.2) is 77.9 Å². The van der Waals surface area contributed by atoms with E-state index < -0.39 is 0 Å². The SMILES string of the molecule is Cc1c(Cl)ccnc1N=C(c1ccccc1)c1ccccc1. The van der Waals surface area contributed by atoms with Crippen LogP contribution in [-0.2, 0) is 0 Å². The molecule has 0 unspecified atom stereocenters. The van der Waals surface area contributed by atoms with E-state index in [4.69, 9.17) is 16.6 Å². The highest BCUT2D eigenvalue weighted by molar-refractivity contribution is 6.31. The summed E-state index contributed by atoms with van der Waals surface area (Å²) in [5.74, 6) is 0.648. The van der Waals surface area contributed by atoms with Crippen LogP contribution in [0.3, 0.4) is 0 Å². The van der Waals surface area contributed by atoms with Crippen LogP contribution in [0.4, 0.5) is 5.82 Å². The number of hydrogen-bond acceptors (Lipinski definition) is 2. The summed E-state index contributed by atoms with van der Waals surface area (Å²) in [4.78, 5) is 9.14. The molecule has 0 saturated heterocycles. The predicted molar refractivity (Wildman–Crippen MR) is 92.2 cm³/mol. The fourth-order valence-electron chi connectivity index (χ4n) is 2.21. The molecule has 3 rings (SSSR count). The van der Waals surface area contributed by atoms with Gasteiger partial charge in [0.1, 0.15) is 0 Å². The molecule has 1 aromatic heterocycles. The summed E-state index contributed by atoms with van der Waals surface area (Å²) >= 11 is 6.18. The molecule has 108 valence electrons. The molecule has 0 saturated carbocycles. The average molecular weight is 307 g/mol. The first-order valence-electron chi connectivity index (χ1n) is 7.06. The van der Waals surface area contributed by atoms with Crippen LogP contribution in [0.2, 0.25) is 5.02 Å². The quantitative estimate of drug-likeness (QED) is 0.610. The van der Waals surface area contributed by atoms with E-state index in [1.807, 2.05) is 67.6 Å². The van der Waals surface area contributed by atoms with E-state index in [-0.39, 0.29) is 0 Å². The Morgan fingerprint density at radius 1 is 0.864 bits per heavy atom. The molecule has 0 N–H and O–H groups in total. The standard InChI is InChI=1S/C19H15ClN2/c1-14-17(20)12-13-21-19(14)22-18(15-8-4-2-5-9-15)16-10-6-3-7-11-16/h2-13H,1H3. The Bertz CT molecular complexity index is 755. The third-order valence-corrected chi connectivity index (χ3v) is 3.83. The van der Waals surface area contributed by atoms with E-state index in [1.54, 1.807) is 12.3 Å². The van der Waals surface area contributed by atoms with E-state index in [0.717, 1.165) is 22.4 Å². The lowest BCUT2D eigenvalue weighted by Gasteiger charge is -2.09. The molecule has 0 fully saturated rings. The number of rotatable bonds is 3. The van der Waals surface area contributed by atoms with Gasteiger partial charge < -0.3 is 0 Å². The molecule has 0 spiro atoms. The normalized spacial score (nSPS) is 10.3. The van der Waals surface area contributed by atoms with Gasteiger partial charge in [0.05, 0.1) is 5.71 Å². The summed E-state index contributed by atoms with van der Waals surface area (Å²) in [6.07, 6.45) is 1.68. The minimum atomic E-state index is 0.648. The van der Waals surface area contributed by atoms with Crippen LogP contribution in [0.25, 0.3) is 0 Å². The summed E-state index contributed by atoms with van der Waals surface area (Å²) in [6, 6.07) is 22.0. The number of hydrogen-bond donors (Lipinski definition) is 0. The van der Waals surface area contributed by atoms with Crippen LogP contribution in [0.5, 0.6) is 0 Å².